The molecule has 8 nitrogen and oxygen atoms in total. The molecular formula is C30H54O8. The van der Waals surface area contributed by atoms with Crippen LogP contribution in [0.15, 0.2) is 0 Å². The number of ether oxygens (including phenoxy) is 1. The summed E-state index contributed by atoms with van der Waals surface area (Å²) >= 11 is 0. The molecule has 0 aromatic rings. The maximum atomic E-state index is 12.3. The second-order valence-electron chi connectivity index (χ2n) is 11.2. The van der Waals surface area contributed by atoms with Gasteiger partial charge in [-0.15, -0.1) is 0 Å². The summed E-state index contributed by atoms with van der Waals surface area (Å²) in [5.74, 6) is -6.42. The SMILES string of the molecule is CCCCCC(=O)OC(CC(=O)O)(C(=O)O)C(CCCCCCCCCCCCCCCC(C)C)C(=O)O. The summed E-state index contributed by atoms with van der Waals surface area (Å²) in [6.07, 6.45) is 16.6. The van der Waals surface area contributed by atoms with Crippen LogP contribution in [0.25, 0.3) is 0 Å². The van der Waals surface area contributed by atoms with Crippen molar-refractivity contribution in [3.05, 3.63) is 0 Å². The van der Waals surface area contributed by atoms with E-state index in [-0.39, 0.29) is 12.8 Å². The van der Waals surface area contributed by atoms with Crippen molar-refractivity contribution in [1.82, 2.24) is 0 Å². The third-order valence-electron chi connectivity index (χ3n) is 7.19. The molecule has 0 saturated heterocycles. The minimum Gasteiger partial charge on any atom is -0.481 e. The molecule has 38 heavy (non-hydrogen) atoms. The lowest BCUT2D eigenvalue weighted by molar-refractivity contribution is -0.195. The van der Waals surface area contributed by atoms with Crippen LogP contribution in [0.4, 0.5) is 0 Å². The van der Waals surface area contributed by atoms with Gasteiger partial charge in [0.15, 0.2) is 0 Å². The lowest BCUT2D eigenvalue weighted by Gasteiger charge is -2.33. The summed E-state index contributed by atoms with van der Waals surface area (Å²) in [4.78, 5) is 47.9. The number of carbonyl (C=O) groups excluding carboxylic acids is 1. The van der Waals surface area contributed by atoms with Gasteiger partial charge in [0.2, 0.25) is 5.60 Å². The quantitative estimate of drug-likeness (QED) is 0.0749. The predicted molar refractivity (Wildman–Crippen MR) is 148 cm³/mol. The highest BCUT2D eigenvalue weighted by atomic mass is 16.6. The van der Waals surface area contributed by atoms with Gasteiger partial charge in [-0.3, -0.25) is 14.4 Å². The molecule has 0 fully saturated rings. The normalized spacial score (nSPS) is 13.7. The summed E-state index contributed by atoms with van der Waals surface area (Å²) < 4.78 is 5.16. The number of hydrogen-bond acceptors (Lipinski definition) is 5. The zero-order chi connectivity index (χ0) is 28.8. The van der Waals surface area contributed by atoms with E-state index in [1.807, 2.05) is 6.92 Å². The Balaban J connectivity index is 4.47. The Labute approximate surface area is 229 Å². The largest absolute Gasteiger partial charge is 0.481 e. The first-order valence-electron chi connectivity index (χ1n) is 15.0. The van der Waals surface area contributed by atoms with E-state index in [1.54, 1.807) is 0 Å². The van der Waals surface area contributed by atoms with Crippen molar-refractivity contribution in [2.24, 2.45) is 11.8 Å². The van der Waals surface area contributed by atoms with Crippen molar-refractivity contribution in [2.45, 2.75) is 155 Å². The molecule has 2 unspecified atom stereocenters. The van der Waals surface area contributed by atoms with E-state index in [2.05, 4.69) is 13.8 Å². The summed E-state index contributed by atoms with van der Waals surface area (Å²) in [7, 11) is 0. The van der Waals surface area contributed by atoms with Crippen LogP contribution in [0, 0.1) is 11.8 Å². The molecule has 0 aromatic heterocycles. The lowest BCUT2D eigenvalue weighted by atomic mass is 9.80. The Morgan fingerprint density at radius 1 is 0.658 bits per heavy atom. The second-order valence-corrected chi connectivity index (χ2v) is 11.2. The van der Waals surface area contributed by atoms with Crippen LogP contribution in [0.2, 0.25) is 0 Å². The first-order chi connectivity index (χ1) is 18.1. The number of carboxylic acid groups (broad SMARTS) is 3. The van der Waals surface area contributed by atoms with E-state index in [0.717, 1.165) is 38.0 Å². The molecular weight excluding hydrogens is 488 g/mol. The van der Waals surface area contributed by atoms with Crippen molar-refractivity contribution < 1.29 is 39.2 Å². The minimum absolute atomic E-state index is 0.0612. The predicted octanol–water partition coefficient (Wildman–Crippen LogP) is 7.62. The Bertz CT molecular complexity index is 675. The highest BCUT2D eigenvalue weighted by Gasteiger charge is 2.54. The highest BCUT2D eigenvalue weighted by Crippen LogP contribution is 2.33. The van der Waals surface area contributed by atoms with Gasteiger partial charge in [0.05, 0.1) is 6.42 Å². The van der Waals surface area contributed by atoms with Gasteiger partial charge in [0.25, 0.3) is 0 Å². The molecule has 0 aliphatic heterocycles. The summed E-state index contributed by atoms with van der Waals surface area (Å²) in [6.45, 7) is 6.48. The maximum absolute atomic E-state index is 12.3. The van der Waals surface area contributed by atoms with Crippen molar-refractivity contribution in [1.29, 1.82) is 0 Å². The van der Waals surface area contributed by atoms with Gasteiger partial charge >= 0.3 is 23.9 Å². The van der Waals surface area contributed by atoms with Crippen LogP contribution in [0.5, 0.6) is 0 Å². The first kappa shape index (κ1) is 35.9. The summed E-state index contributed by atoms with van der Waals surface area (Å²) in [5, 5.41) is 28.9. The van der Waals surface area contributed by atoms with Crippen molar-refractivity contribution in [2.75, 3.05) is 0 Å². The first-order valence-corrected chi connectivity index (χ1v) is 15.0. The van der Waals surface area contributed by atoms with Gasteiger partial charge < -0.3 is 20.1 Å². The van der Waals surface area contributed by atoms with Crippen LogP contribution in [0.3, 0.4) is 0 Å². The van der Waals surface area contributed by atoms with Crippen LogP contribution < -0.4 is 0 Å². The van der Waals surface area contributed by atoms with Crippen LogP contribution in [-0.2, 0) is 23.9 Å². The van der Waals surface area contributed by atoms with Crippen LogP contribution in [-0.4, -0.2) is 44.8 Å². The molecule has 0 amide bonds. The zero-order valence-corrected chi connectivity index (χ0v) is 24.2. The average Bonchev–Trinajstić information content (AvgIpc) is 2.82. The van der Waals surface area contributed by atoms with E-state index in [4.69, 9.17) is 4.74 Å². The standard InChI is InChI=1S/C30H54O8/c1-4-5-17-22-27(33)38-30(29(36)37,23-26(31)32)25(28(34)35)21-19-16-14-12-10-8-6-7-9-11-13-15-18-20-24(2)3/h24-25H,4-23H2,1-3H3,(H,31,32)(H,34,35)(H,36,37). The molecule has 0 aromatic carbocycles. The fourth-order valence-electron chi connectivity index (χ4n) is 4.90. The third-order valence-corrected chi connectivity index (χ3v) is 7.19. The van der Waals surface area contributed by atoms with Gasteiger partial charge in [0, 0.05) is 6.42 Å². The fourth-order valence-corrected chi connectivity index (χ4v) is 4.90. The zero-order valence-electron chi connectivity index (χ0n) is 24.2. The van der Waals surface area contributed by atoms with Crippen molar-refractivity contribution >= 4 is 23.9 Å². The molecule has 0 spiro atoms. The fraction of sp³-hybridized carbons (Fsp3) is 0.867. The molecule has 8 heteroatoms. The Morgan fingerprint density at radius 3 is 1.47 bits per heavy atom. The molecule has 0 bridgehead atoms. The molecule has 3 N–H and O–H groups in total. The maximum Gasteiger partial charge on any atom is 0.349 e. The van der Waals surface area contributed by atoms with E-state index in [1.165, 1.54) is 57.8 Å². The highest BCUT2D eigenvalue weighted by molar-refractivity contribution is 5.92. The number of aliphatic carboxylic acids is 3. The number of carboxylic acids is 3. The van der Waals surface area contributed by atoms with Gasteiger partial charge in [0.1, 0.15) is 5.92 Å². The number of unbranched alkanes of at least 4 members (excludes halogenated alkanes) is 14. The Morgan fingerprint density at radius 2 is 1.11 bits per heavy atom. The minimum atomic E-state index is -2.62. The molecule has 2 atom stereocenters. The Kier molecular flexibility index (Phi) is 20.6. The van der Waals surface area contributed by atoms with Gasteiger partial charge in [-0.2, -0.15) is 0 Å². The van der Waals surface area contributed by atoms with Crippen molar-refractivity contribution in [3.8, 4) is 0 Å². The monoisotopic (exact) mass is 542 g/mol. The molecule has 0 aliphatic carbocycles. The molecule has 0 rings (SSSR count). The van der Waals surface area contributed by atoms with Crippen molar-refractivity contribution in [3.63, 3.8) is 0 Å². The van der Waals surface area contributed by atoms with Crippen LogP contribution >= 0.6 is 0 Å². The summed E-state index contributed by atoms with van der Waals surface area (Å²) in [6, 6.07) is 0. The van der Waals surface area contributed by atoms with E-state index in [0.29, 0.717) is 19.3 Å². The second kappa shape index (κ2) is 21.8. The number of carbonyl (C=O) groups is 4. The topological polar surface area (TPSA) is 138 Å². The molecule has 222 valence electrons. The van der Waals surface area contributed by atoms with E-state index < -0.39 is 41.8 Å². The Hall–Kier alpha value is -2.12. The van der Waals surface area contributed by atoms with Gasteiger partial charge in [-0.25, -0.2) is 4.79 Å². The van der Waals surface area contributed by atoms with Crippen LogP contribution in [0.1, 0.15) is 149 Å². The molecule has 0 heterocycles. The molecule has 0 aliphatic rings. The molecule has 0 saturated carbocycles. The summed E-state index contributed by atoms with van der Waals surface area (Å²) in [5.41, 5.74) is -2.62. The smallest absolute Gasteiger partial charge is 0.349 e. The van der Waals surface area contributed by atoms with Gasteiger partial charge in [-0.05, 0) is 18.8 Å². The molecule has 0 radical (unpaired) electrons. The number of esters is 1. The number of hydrogen-bond donors (Lipinski definition) is 3. The van der Waals surface area contributed by atoms with E-state index >= 15 is 0 Å². The third kappa shape index (κ3) is 16.7. The number of rotatable bonds is 26. The van der Waals surface area contributed by atoms with E-state index in [9.17, 15) is 34.5 Å². The lowest BCUT2D eigenvalue weighted by Crippen LogP contribution is -2.54. The average molecular weight is 543 g/mol. The van der Waals surface area contributed by atoms with Gasteiger partial charge in [-0.1, -0.05) is 124 Å².